The predicted molar refractivity (Wildman–Crippen MR) is 134 cm³/mol. The summed E-state index contributed by atoms with van der Waals surface area (Å²) >= 11 is 0. The van der Waals surface area contributed by atoms with Crippen LogP contribution >= 0.6 is 0 Å². The predicted octanol–water partition coefficient (Wildman–Crippen LogP) is 4.21. The maximum absolute atomic E-state index is 12.9. The van der Waals surface area contributed by atoms with Crippen LogP contribution in [0.3, 0.4) is 0 Å². The molecule has 1 aromatic heterocycles. The Kier molecular flexibility index (Phi) is 7.38. The summed E-state index contributed by atoms with van der Waals surface area (Å²) in [6.07, 6.45) is 3.94. The molecule has 0 bridgehead atoms. The fourth-order valence-electron chi connectivity index (χ4n) is 4.97. The van der Waals surface area contributed by atoms with Gasteiger partial charge in [0.1, 0.15) is 5.82 Å². The minimum Gasteiger partial charge on any atom is -0.349 e. The average molecular weight is 483 g/mol. The van der Waals surface area contributed by atoms with Gasteiger partial charge in [-0.25, -0.2) is 13.4 Å². The smallest absolute Gasteiger partial charge is 0.243 e. The molecular formula is C26H34N4O3S. The van der Waals surface area contributed by atoms with E-state index in [1.165, 1.54) is 15.4 Å². The quantitative estimate of drug-likeness (QED) is 0.495. The fourth-order valence-corrected chi connectivity index (χ4v) is 6.45. The zero-order valence-corrected chi connectivity index (χ0v) is 21.1. The molecule has 8 heteroatoms. The van der Waals surface area contributed by atoms with Crippen LogP contribution in [0.1, 0.15) is 63.0 Å². The Hall–Kier alpha value is -2.71. The summed E-state index contributed by atoms with van der Waals surface area (Å²) in [6, 6.07) is 13.5. The molecule has 182 valence electrons. The molecular weight excluding hydrogens is 448 g/mol. The van der Waals surface area contributed by atoms with Crippen molar-refractivity contribution < 1.29 is 13.2 Å². The largest absolute Gasteiger partial charge is 0.349 e. The number of aromatic nitrogens is 2. The number of sulfonamides is 1. The number of hydrogen-bond acceptors (Lipinski definition) is 4. The van der Waals surface area contributed by atoms with Gasteiger partial charge in [0.15, 0.2) is 0 Å². The first-order valence-corrected chi connectivity index (χ1v) is 13.7. The van der Waals surface area contributed by atoms with Crippen LogP contribution in [0.4, 0.5) is 0 Å². The number of aryl methyl sites for hydroxylation is 3. The first-order valence-electron chi connectivity index (χ1n) is 12.3. The molecule has 0 saturated carbocycles. The number of carbonyl (C=O) groups is 1. The van der Waals surface area contributed by atoms with Gasteiger partial charge in [0, 0.05) is 32.5 Å². The standard InChI is InChI=1S/C26H34N4O3S/c1-4-29(5-2)34(32,33)20-14-15-24-23(18-20)27-25(30(24)6-3)16-17-26(31)28-22-13-9-11-19-10-7-8-12-21(19)22/h7-8,10,12,14-15,18,22H,4-6,9,11,13,16-17H2,1-3H3,(H,28,31)/t22-/m1/s1. The molecule has 1 amide bonds. The van der Waals surface area contributed by atoms with E-state index in [1.807, 2.05) is 32.9 Å². The van der Waals surface area contributed by atoms with Gasteiger partial charge in [-0.1, -0.05) is 38.1 Å². The van der Waals surface area contributed by atoms with Crippen molar-refractivity contribution in [1.29, 1.82) is 0 Å². The van der Waals surface area contributed by atoms with E-state index in [0.29, 0.717) is 38.0 Å². The summed E-state index contributed by atoms with van der Waals surface area (Å²) in [4.78, 5) is 17.8. The summed E-state index contributed by atoms with van der Waals surface area (Å²) in [5, 5.41) is 3.21. The number of hydrogen-bond donors (Lipinski definition) is 1. The van der Waals surface area contributed by atoms with Crippen LogP contribution in [0.25, 0.3) is 11.0 Å². The van der Waals surface area contributed by atoms with E-state index in [-0.39, 0.29) is 16.8 Å². The highest BCUT2D eigenvalue weighted by atomic mass is 32.2. The SMILES string of the molecule is CCN(CC)S(=O)(=O)c1ccc2c(c1)nc(CCC(=O)N[C@@H]1CCCc3ccccc31)n2CC. The zero-order chi connectivity index (χ0) is 24.3. The molecule has 1 N–H and O–H groups in total. The fraction of sp³-hybridized carbons (Fsp3) is 0.462. The van der Waals surface area contributed by atoms with Crippen molar-refractivity contribution in [2.75, 3.05) is 13.1 Å². The molecule has 1 aliphatic carbocycles. The van der Waals surface area contributed by atoms with Gasteiger partial charge < -0.3 is 9.88 Å². The van der Waals surface area contributed by atoms with Crippen LogP contribution in [-0.2, 0) is 34.2 Å². The molecule has 0 aliphatic heterocycles. The van der Waals surface area contributed by atoms with Gasteiger partial charge in [-0.15, -0.1) is 0 Å². The third-order valence-electron chi connectivity index (χ3n) is 6.74. The Morgan fingerprint density at radius 3 is 2.65 bits per heavy atom. The number of carbonyl (C=O) groups excluding carboxylic acids is 1. The first kappa shape index (κ1) is 24.4. The number of nitrogens with one attached hydrogen (secondary N) is 1. The average Bonchev–Trinajstić information content (AvgIpc) is 3.20. The molecule has 7 nitrogen and oxygen atoms in total. The molecule has 0 unspecified atom stereocenters. The van der Waals surface area contributed by atoms with Gasteiger partial charge in [0.05, 0.1) is 22.0 Å². The summed E-state index contributed by atoms with van der Waals surface area (Å²) in [5.74, 6) is 0.815. The topological polar surface area (TPSA) is 84.3 Å². The van der Waals surface area contributed by atoms with E-state index in [2.05, 4.69) is 28.1 Å². The van der Waals surface area contributed by atoms with E-state index in [0.717, 1.165) is 30.6 Å². The van der Waals surface area contributed by atoms with Gasteiger partial charge in [-0.2, -0.15) is 4.31 Å². The lowest BCUT2D eigenvalue weighted by Gasteiger charge is -2.26. The zero-order valence-electron chi connectivity index (χ0n) is 20.3. The lowest BCUT2D eigenvalue weighted by molar-refractivity contribution is -0.121. The van der Waals surface area contributed by atoms with Crippen LogP contribution in [0, 0.1) is 0 Å². The van der Waals surface area contributed by atoms with Crippen LogP contribution in [0.5, 0.6) is 0 Å². The van der Waals surface area contributed by atoms with Crippen molar-refractivity contribution in [3.05, 3.63) is 59.4 Å². The number of rotatable bonds is 9. The van der Waals surface area contributed by atoms with Crippen LogP contribution in [0.15, 0.2) is 47.4 Å². The molecule has 1 heterocycles. The highest BCUT2D eigenvalue weighted by molar-refractivity contribution is 7.89. The minimum absolute atomic E-state index is 0.0150. The highest BCUT2D eigenvalue weighted by Crippen LogP contribution is 2.29. The molecule has 0 radical (unpaired) electrons. The Morgan fingerprint density at radius 2 is 1.91 bits per heavy atom. The van der Waals surface area contributed by atoms with Crippen molar-refractivity contribution in [2.24, 2.45) is 0 Å². The van der Waals surface area contributed by atoms with Crippen molar-refractivity contribution in [1.82, 2.24) is 19.2 Å². The third-order valence-corrected chi connectivity index (χ3v) is 8.78. The van der Waals surface area contributed by atoms with Crippen LogP contribution in [-0.4, -0.2) is 41.3 Å². The molecule has 2 aromatic carbocycles. The molecule has 4 rings (SSSR count). The van der Waals surface area contributed by atoms with E-state index in [1.54, 1.807) is 12.1 Å². The summed E-state index contributed by atoms with van der Waals surface area (Å²) in [7, 11) is -3.55. The Labute approximate surface area is 202 Å². The van der Waals surface area contributed by atoms with E-state index in [4.69, 9.17) is 4.98 Å². The van der Waals surface area contributed by atoms with E-state index in [9.17, 15) is 13.2 Å². The van der Waals surface area contributed by atoms with Gasteiger partial charge in [-0.3, -0.25) is 4.79 Å². The molecule has 0 spiro atoms. The van der Waals surface area contributed by atoms with Gasteiger partial charge in [-0.05, 0) is 55.5 Å². The summed E-state index contributed by atoms with van der Waals surface area (Å²) in [6.45, 7) is 7.24. The lowest BCUT2D eigenvalue weighted by Crippen LogP contribution is -2.31. The molecule has 34 heavy (non-hydrogen) atoms. The summed E-state index contributed by atoms with van der Waals surface area (Å²) in [5.41, 5.74) is 4.08. The van der Waals surface area contributed by atoms with Crippen LogP contribution in [0.2, 0.25) is 0 Å². The second-order valence-electron chi connectivity index (χ2n) is 8.72. The third kappa shape index (κ3) is 4.74. The Bertz CT molecular complexity index is 1280. The van der Waals surface area contributed by atoms with E-state index >= 15 is 0 Å². The molecule has 1 aliphatic rings. The van der Waals surface area contributed by atoms with Gasteiger partial charge >= 0.3 is 0 Å². The van der Waals surface area contributed by atoms with Crippen molar-refractivity contribution in [2.45, 2.75) is 70.4 Å². The Balaban J connectivity index is 1.50. The highest BCUT2D eigenvalue weighted by Gasteiger charge is 2.24. The van der Waals surface area contributed by atoms with Gasteiger partial charge in [0.2, 0.25) is 15.9 Å². The van der Waals surface area contributed by atoms with Crippen molar-refractivity contribution in [3.8, 4) is 0 Å². The number of fused-ring (bicyclic) bond motifs is 2. The minimum atomic E-state index is -3.55. The van der Waals surface area contributed by atoms with Gasteiger partial charge in [0.25, 0.3) is 0 Å². The normalized spacial score (nSPS) is 16.1. The Morgan fingerprint density at radius 1 is 1.15 bits per heavy atom. The lowest BCUT2D eigenvalue weighted by atomic mass is 9.87. The second kappa shape index (κ2) is 10.3. The number of amides is 1. The van der Waals surface area contributed by atoms with Crippen molar-refractivity contribution >= 4 is 27.0 Å². The van der Waals surface area contributed by atoms with Crippen LogP contribution < -0.4 is 5.32 Å². The molecule has 0 saturated heterocycles. The number of nitrogens with zero attached hydrogens (tertiary/aromatic N) is 3. The summed E-state index contributed by atoms with van der Waals surface area (Å²) < 4.78 is 29.4. The van der Waals surface area contributed by atoms with Crippen molar-refractivity contribution in [3.63, 3.8) is 0 Å². The monoisotopic (exact) mass is 482 g/mol. The first-order chi connectivity index (χ1) is 16.4. The molecule has 3 aromatic rings. The second-order valence-corrected chi connectivity index (χ2v) is 10.7. The number of benzene rings is 2. The molecule has 0 fully saturated rings. The maximum atomic E-state index is 12.9. The number of imidazole rings is 1. The van der Waals surface area contributed by atoms with E-state index < -0.39 is 10.0 Å². The maximum Gasteiger partial charge on any atom is 0.243 e. The molecule has 1 atom stereocenters.